The van der Waals surface area contributed by atoms with Gasteiger partial charge in [-0.1, -0.05) is 298 Å². The second-order valence-corrected chi connectivity index (χ2v) is 30.8. The first-order valence-electron chi connectivity index (χ1n) is 39.8. The fourth-order valence-corrected chi connectivity index (χ4v) is 15.2. The van der Waals surface area contributed by atoms with Crippen molar-refractivity contribution in [1.82, 2.24) is 48.0 Å². The maximum Gasteiger partial charge on any atom is 0.335 e. The predicted octanol–water partition coefficient (Wildman–Crippen LogP) is 21.3. The number of nitrogens with zero attached hydrogens (tertiary/aromatic N) is 10. The summed E-state index contributed by atoms with van der Waals surface area (Å²) in [7, 11) is -4.06. The summed E-state index contributed by atoms with van der Waals surface area (Å²) < 4.78 is 40.1. The summed E-state index contributed by atoms with van der Waals surface area (Å²) in [5.41, 5.74) is 19.1. The minimum Gasteiger partial charge on any atom is -0.478 e. The van der Waals surface area contributed by atoms with E-state index in [0.29, 0.717) is 71.0 Å². The van der Waals surface area contributed by atoms with E-state index in [4.69, 9.17) is 29.6 Å². The molecule has 10 aromatic carbocycles. The molecular weight excluding hydrogens is 1560 g/mol. The van der Waals surface area contributed by atoms with Gasteiger partial charge in [-0.05, 0) is 141 Å². The zero-order valence-electron chi connectivity index (χ0n) is 66.6. The third-order valence-corrected chi connectivity index (χ3v) is 21.9. The van der Waals surface area contributed by atoms with Gasteiger partial charge in [0.2, 0.25) is 0 Å². The van der Waals surface area contributed by atoms with Crippen molar-refractivity contribution >= 4 is 90.6 Å². The molecule has 4 aromatic heterocycles. The summed E-state index contributed by atoms with van der Waals surface area (Å²) in [6.45, 7) is 26.6. The van der Waals surface area contributed by atoms with E-state index in [-0.39, 0.29) is 39.0 Å². The fourth-order valence-electron chi connectivity index (χ4n) is 14.7. The van der Waals surface area contributed by atoms with Gasteiger partial charge in [0, 0.05) is 73.4 Å². The molecule has 117 heavy (non-hydrogen) atoms. The number of aromatic carboxylic acids is 1. The molecule has 0 unspecified atom stereocenters. The van der Waals surface area contributed by atoms with Crippen LogP contribution in [0.2, 0.25) is 0 Å². The van der Waals surface area contributed by atoms with Crippen LogP contribution in [0.1, 0.15) is 160 Å². The normalized spacial score (nSPS) is 11.3. The number of aryl methyl sites for hydroxylation is 1. The molecular formula is C98H104Mn2N10O6S. The Kier molecular flexibility index (Phi) is 33.2. The van der Waals surface area contributed by atoms with Gasteiger partial charge in [0.25, 0.3) is 10.1 Å². The molecule has 0 spiro atoms. The molecule has 14 aromatic rings. The monoisotopic (exact) mass is 1660 g/mol. The van der Waals surface area contributed by atoms with E-state index >= 15 is 0 Å². The molecule has 0 saturated carbocycles. The minimum absolute atomic E-state index is 0. The number of fused-ring (bicyclic) bond motifs is 4. The van der Waals surface area contributed by atoms with Gasteiger partial charge in [-0.25, -0.2) is 24.7 Å². The molecule has 0 aliphatic heterocycles. The Morgan fingerprint density at radius 3 is 0.897 bits per heavy atom. The van der Waals surface area contributed by atoms with Crippen LogP contribution in [0.3, 0.4) is 0 Å². The quantitative estimate of drug-likeness (QED) is 0.0189. The molecule has 0 aliphatic rings. The largest absolute Gasteiger partial charge is 0.478 e. The molecule has 0 fully saturated rings. The zero-order chi connectivity index (χ0) is 80.5. The van der Waals surface area contributed by atoms with Crippen LogP contribution < -0.4 is 0 Å². The Morgan fingerprint density at radius 1 is 0.376 bits per heavy atom. The Morgan fingerprint density at radius 2 is 0.632 bits per heavy atom. The Labute approximate surface area is 709 Å². The first-order chi connectivity index (χ1) is 56.0. The van der Waals surface area contributed by atoms with Crippen molar-refractivity contribution in [2.45, 2.75) is 141 Å². The number of carbonyl (C=O) groups is 1. The molecule has 0 bridgehead atoms. The van der Waals surface area contributed by atoms with Crippen molar-refractivity contribution in [1.29, 1.82) is 0 Å². The van der Waals surface area contributed by atoms with Crippen molar-refractivity contribution in [2.75, 3.05) is 13.1 Å². The molecule has 0 atom stereocenters. The summed E-state index contributed by atoms with van der Waals surface area (Å²) in [5, 5.41) is 21.6. The molecule has 14 rings (SSSR count). The standard InChI is InChI=1S/C71H66N10O.C18H30O3S.C9H8O2.2Mn/c1-5-51-25-33-55(34-26-51)41-78-64-21-13-9-17-60(64)72-68(78)47-76(48-69-73-61-18-10-14-22-65(61)79(69)42-56-35-27-52(6-2)28-36-56)45-59(82)46-77(49-70-74-62-19-11-15-23-66(62)80(70)43-57-37-29-53(7-3)30-38-57)50-71-75-63-20-12-16-24-67(63)81(71)44-58-39-31-54(8-4)32-40-58;1-2-3-4-5-6-7-8-9-10-11-12-17-13-15-18(16-14-17)22(19,20)21;1-2-7-3-5-8(6-4-7)9(10)11;;/h5-40,59,82H,1-4,41-50H2;13-16H,2-12H2,1H3,(H,19,20,21);2-6H,1H2,(H,10,11);;. The fraction of sp³-hybridized carbons (Fsp3) is 0.235. The molecule has 602 valence electrons. The smallest absolute Gasteiger partial charge is 0.335 e. The Bertz CT molecular complexity index is 5160. The maximum absolute atomic E-state index is 13.1. The van der Waals surface area contributed by atoms with Crippen LogP contribution in [-0.4, -0.2) is 96.4 Å². The second kappa shape index (κ2) is 43.9. The van der Waals surface area contributed by atoms with Crippen molar-refractivity contribution in [3.63, 3.8) is 0 Å². The summed E-state index contributed by atoms with van der Waals surface area (Å²) in [6, 6.07) is 80.6. The van der Waals surface area contributed by atoms with E-state index in [1.807, 2.05) is 48.6 Å². The van der Waals surface area contributed by atoms with E-state index in [1.54, 1.807) is 42.5 Å². The van der Waals surface area contributed by atoms with E-state index in [2.05, 4.69) is 238 Å². The SMILES string of the molecule is C=Cc1ccc(C(=O)O)cc1.C=Cc1ccc(Cn2c(CN(Cc3nc4ccccc4n3Cc3ccc(C=C)cc3)CC(O)CN(Cc3nc4ccccc4n3Cc3ccc(C=C)cc3)Cc3nc4ccccc4n3Cc3ccc(C=C)cc3)nc3ccccc32)cc1.CCCCCCCCCCCCc1ccc(S(=O)(=O)O)cc1.[Mn].[Mn]. The maximum atomic E-state index is 13.1. The van der Waals surface area contributed by atoms with Crippen molar-refractivity contribution in [3.8, 4) is 0 Å². The predicted molar refractivity (Wildman–Crippen MR) is 471 cm³/mol. The summed E-state index contributed by atoms with van der Waals surface area (Å²) in [5.74, 6) is 2.67. The molecule has 16 nitrogen and oxygen atoms in total. The zero-order valence-corrected chi connectivity index (χ0v) is 69.8. The Hall–Kier alpha value is -10.9. The Balaban J connectivity index is 0.000000343. The average molecular weight is 1660 g/mol. The van der Waals surface area contributed by atoms with Crippen LogP contribution >= 0.6 is 0 Å². The van der Waals surface area contributed by atoms with Crippen LogP contribution in [-0.2, 0) is 103 Å². The number of aromatic nitrogens is 8. The number of carboxylic acids is 1. The topological polar surface area (TPSA) is 190 Å². The van der Waals surface area contributed by atoms with Crippen molar-refractivity contribution < 1.29 is 62.1 Å². The van der Waals surface area contributed by atoms with Gasteiger partial charge < -0.3 is 28.5 Å². The summed E-state index contributed by atoms with van der Waals surface area (Å²) >= 11 is 0. The number of para-hydroxylation sites is 8. The summed E-state index contributed by atoms with van der Waals surface area (Å²) in [6.07, 6.45) is 22.4. The molecule has 0 saturated heterocycles. The first kappa shape index (κ1) is 88.4. The van der Waals surface area contributed by atoms with E-state index in [9.17, 15) is 18.3 Å². The number of imidazole rings is 4. The van der Waals surface area contributed by atoms with Gasteiger partial charge in [-0.2, -0.15) is 8.42 Å². The van der Waals surface area contributed by atoms with Crippen LogP contribution in [0, 0.1) is 0 Å². The van der Waals surface area contributed by atoms with Crippen LogP contribution in [0.25, 0.3) is 74.5 Å². The summed E-state index contributed by atoms with van der Waals surface area (Å²) in [4.78, 5) is 36.4. The van der Waals surface area contributed by atoms with Crippen LogP contribution in [0.15, 0.2) is 280 Å². The number of hydrogen-bond acceptors (Lipinski definition) is 10. The van der Waals surface area contributed by atoms with E-state index in [0.717, 1.165) is 136 Å². The molecule has 0 amide bonds. The van der Waals surface area contributed by atoms with Crippen LogP contribution in [0.4, 0.5) is 0 Å². The number of aliphatic hydroxyl groups is 1. The van der Waals surface area contributed by atoms with Gasteiger partial charge in [0.15, 0.2) is 0 Å². The van der Waals surface area contributed by atoms with Crippen molar-refractivity contribution in [2.24, 2.45) is 0 Å². The van der Waals surface area contributed by atoms with Gasteiger partial charge in [-0.15, -0.1) is 0 Å². The van der Waals surface area contributed by atoms with E-state index in [1.165, 1.54) is 69.9 Å². The number of rotatable bonds is 38. The van der Waals surface area contributed by atoms with Gasteiger partial charge in [0.1, 0.15) is 23.3 Å². The number of unbranched alkanes of at least 4 members (excludes halogenated alkanes) is 9. The number of aliphatic hydroxyl groups excluding tert-OH is 1. The third-order valence-electron chi connectivity index (χ3n) is 21.0. The average Bonchev–Trinajstić information content (AvgIpc) is 1.66. The molecule has 19 heteroatoms. The number of benzene rings is 10. The molecule has 2 radical (unpaired) electrons. The minimum atomic E-state index is -4.06. The van der Waals surface area contributed by atoms with Gasteiger partial charge in [0.05, 0.1) is 86.9 Å². The molecule has 4 heterocycles. The van der Waals surface area contributed by atoms with E-state index < -0.39 is 22.2 Å². The van der Waals surface area contributed by atoms with Crippen LogP contribution in [0.5, 0.6) is 0 Å². The van der Waals surface area contributed by atoms with Gasteiger partial charge >= 0.3 is 5.97 Å². The number of carboxylic acid groups (broad SMARTS) is 1. The third kappa shape index (κ3) is 24.6. The number of hydrogen-bond donors (Lipinski definition) is 3. The second-order valence-electron chi connectivity index (χ2n) is 29.4. The first-order valence-corrected chi connectivity index (χ1v) is 41.3. The van der Waals surface area contributed by atoms with Gasteiger partial charge in [-0.3, -0.25) is 14.4 Å². The van der Waals surface area contributed by atoms with Crippen molar-refractivity contribution in [3.05, 3.63) is 360 Å². The molecule has 3 N–H and O–H groups in total. The molecule has 0 aliphatic carbocycles.